The molecule has 1 heterocycles. The summed E-state index contributed by atoms with van der Waals surface area (Å²) in [5.41, 5.74) is 1.89. The molecule has 1 aromatic heterocycles. The number of aromatic carboxylic acids is 1. The van der Waals surface area contributed by atoms with Crippen molar-refractivity contribution in [2.75, 3.05) is 18.2 Å². The number of methoxy groups -OCH3 is 1. The van der Waals surface area contributed by atoms with E-state index >= 15 is 0 Å². The molecule has 0 atom stereocenters. The largest absolute Gasteiger partial charge is 0.497 e. The minimum atomic E-state index is -1.15. The van der Waals surface area contributed by atoms with Crippen LogP contribution in [-0.4, -0.2) is 39.8 Å². The average molecular weight is 392 g/mol. The standard InChI is InChI=1S/C17H14ClN3O4S/c1-25-10-3-5-13-14(7-10)21-17(20-13)26-8-15(22)19-9-2-4-12(18)11(6-9)16(23)24/h2-7H,8H2,1H3,(H,19,22)(H,20,21)(H,23,24). The number of rotatable bonds is 6. The second-order valence-electron chi connectivity index (χ2n) is 5.26. The number of ether oxygens (including phenoxy) is 1. The number of thioether (sulfide) groups is 1. The fourth-order valence-electron chi connectivity index (χ4n) is 2.26. The third-order valence-corrected chi connectivity index (χ3v) is 4.69. The second-order valence-corrected chi connectivity index (χ2v) is 6.63. The minimum absolute atomic E-state index is 0.0663. The Morgan fingerprint density at radius 3 is 2.85 bits per heavy atom. The lowest BCUT2D eigenvalue weighted by atomic mass is 10.2. The topological polar surface area (TPSA) is 104 Å². The zero-order valence-corrected chi connectivity index (χ0v) is 15.1. The van der Waals surface area contributed by atoms with Gasteiger partial charge in [0, 0.05) is 11.8 Å². The Balaban J connectivity index is 1.64. The van der Waals surface area contributed by atoms with Crippen LogP contribution in [0.3, 0.4) is 0 Å². The zero-order chi connectivity index (χ0) is 18.7. The zero-order valence-electron chi connectivity index (χ0n) is 13.6. The molecule has 0 saturated heterocycles. The monoisotopic (exact) mass is 391 g/mol. The summed E-state index contributed by atoms with van der Waals surface area (Å²) in [6, 6.07) is 9.76. The Bertz CT molecular complexity index is 989. The first-order valence-electron chi connectivity index (χ1n) is 7.45. The molecule has 3 aromatic rings. The summed E-state index contributed by atoms with van der Waals surface area (Å²) in [7, 11) is 1.59. The van der Waals surface area contributed by atoms with E-state index in [0.717, 1.165) is 11.0 Å². The van der Waals surface area contributed by atoms with Crippen LogP contribution in [0.1, 0.15) is 10.4 Å². The van der Waals surface area contributed by atoms with Crippen molar-refractivity contribution < 1.29 is 19.4 Å². The van der Waals surface area contributed by atoms with Crippen molar-refractivity contribution in [1.29, 1.82) is 0 Å². The van der Waals surface area contributed by atoms with E-state index in [2.05, 4.69) is 15.3 Å². The van der Waals surface area contributed by atoms with Gasteiger partial charge >= 0.3 is 5.97 Å². The Kier molecular flexibility index (Phi) is 5.34. The molecule has 0 aliphatic carbocycles. The van der Waals surface area contributed by atoms with Gasteiger partial charge in [0.25, 0.3) is 0 Å². The van der Waals surface area contributed by atoms with Crippen LogP contribution in [0.25, 0.3) is 11.0 Å². The quantitative estimate of drug-likeness (QED) is 0.554. The number of H-pyrrole nitrogens is 1. The van der Waals surface area contributed by atoms with E-state index in [9.17, 15) is 9.59 Å². The highest BCUT2D eigenvalue weighted by Gasteiger charge is 2.12. The number of carboxylic acids is 1. The van der Waals surface area contributed by atoms with Gasteiger partial charge in [-0.15, -0.1) is 0 Å². The number of aromatic amines is 1. The molecule has 0 unspecified atom stereocenters. The van der Waals surface area contributed by atoms with Gasteiger partial charge in [0.2, 0.25) is 5.91 Å². The first-order chi connectivity index (χ1) is 12.5. The molecule has 7 nitrogen and oxygen atoms in total. The summed E-state index contributed by atoms with van der Waals surface area (Å²) in [4.78, 5) is 30.7. The number of nitrogens with zero attached hydrogens (tertiary/aromatic N) is 1. The summed E-state index contributed by atoms with van der Waals surface area (Å²) >= 11 is 7.05. The van der Waals surface area contributed by atoms with Crippen LogP contribution in [0.4, 0.5) is 5.69 Å². The number of carboxylic acid groups (broad SMARTS) is 1. The summed E-state index contributed by atoms with van der Waals surface area (Å²) in [6.07, 6.45) is 0. The summed E-state index contributed by atoms with van der Waals surface area (Å²) in [5, 5.41) is 12.4. The maximum Gasteiger partial charge on any atom is 0.337 e. The highest BCUT2D eigenvalue weighted by atomic mass is 35.5. The average Bonchev–Trinajstić information content (AvgIpc) is 3.03. The summed E-state index contributed by atoms with van der Waals surface area (Å²) in [6.45, 7) is 0. The van der Waals surface area contributed by atoms with Crippen molar-refractivity contribution in [3.05, 3.63) is 47.0 Å². The van der Waals surface area contributed by atoms with Crippen LogP contribution >= 0.6 is 23.4 Å². The lowest BCUT2D eigenvalue weighted by Gasteiger charge is -2.06. The Hall–Kier alpha value is -2.71. The maximum atomic E-state index is 12.1. The number of aromatic nitrogens is 2. The third-order valence-electron chi connectivity index (χ3n) is 3.49. The molecular weight excluding hydrogens is 378 g/mol. The number of halogens is 1. The lowest BCUT2D eigenvalue weighted by Crippen LogP contribution is -2.14. The summed E-state index contributed by atoms with van der Waals surface area (Å²) < 4.78 is 5.16. The number of nitrogens with one attached hydrogen (secondary N) is 2. The first kappa shape index (κ1) is 18.1. The number of anilines is 1. The van der Waals surface area contributed by atoms with Crippen LogP contribution in [0, 0.1) is 0 Å². The van der Waals surface area contributed by atoms with Gasteiger partial charge in [-0.2, -0.15) is 0 Å². The number of amides is 1. The van der Waals surface area contributed by atoms with E-state index in [4.69, 9.17) is 21.4 Å². The molecular formula is C17H14ClN3O4S. The van der Waals surface area contributed by atoms with E-state index in [1.165, 1.54) is 23.9 Å². The SMILES string of the molecule is COc1ccc2nc(SCC(=O)Nc3ccc(Cl)c(C(=O)O)c3)[nH]c2c1. The fraction of sp³-hybridized carbons (Fsp3) is 0.118. The van der Waals surface area contributed by atoms with E-state index in [1.54, 1.807) is 13.2 Å². The smallest absolute Gasteiger partial charge is 0.337 e. The molecule has 1 amide bonds. The molecule has 0 aliphatic heterocycles. The van der Waals surface area contributed by atoms with Crippen molar-refractivity contribution in [2.45, 2.75) is 5.16 Å². The predicted molar refractivity (Wildman–Crippen MR) is 100 cm³/mol. The maximum absolute atomic E-state index is 12.1. The number of carbonyl (C=O) groups excluding carboxylic acids is 1. The van der Waals surface area contributed by atoms with Gasteiger partial charge in [0.15, 0.2) is 5.16 Å². The van der Waals surface area contributed by atoms with Gasteiger partial charge in [0.1, 0.15) is 5.75 Å². The molecule has 2 aromatic carbocycles. The predicted octanol–water partition coefficient (Wildman–Crippen LogP) is 3.65. The molecule has 0 radical (unpaired) electrons. The van der Waals surface area contributed by atoms with Crippen LogP contribution in [0.5, 0.6) is 5.75 Å². The molecule has 0 aliphatic rings. The van der Waals surface area contributed by atoms with Crippen molar-refractivity contribution in [1.82, 2.24) is 9.97 Å². The number of benzene rings is 2. The minimum Gasteiger partial charge on any atom is -0.497 e. The van der Waals surface area contributed by atoms with Gasteiger partial charge in [-0.25, -0.2) is 9.78 Å². The van der Waals surface area contributed by atoms with Crippen LogP contribution in [0.15, 0.2) is 41.6 Å². The molecule has 3 N–H and O–H groups in total. The number of imidazole rings is 1. The van der Waals surface area contributed by atoms with Crippen molar-refractivity contribution >= 4 is 52.0 Å². The van der Waals surface area contributed by atoms with Gasteiger partial charge in [-0.3, -0.25) is 4.79 Å². The van der Waals surface area contributed by atoms with Crippen LogP contribution in [0.2, 0.25) is 5.02 Å². The van der Waals surface area contributed by atoms with Gasteiger partial charge < -0.3 is 20.1 Å². The highest BCUT2D eigenvalue weighted by molar-refractivity contribution is 7.99. The molecule has 0 saturated carbocycles. The molecule has 134 valence electrons. The Morgan fingerprint density at radius 1 is 1.31 bits per heavy atom. The number of fused-ring (bicyclic) bond motifs is 1. The van der Waals surface area contributed by atoms with Gasteiger partial charge in [-0.05, 0) is 30.3 Å². The number of hydrogen-bond donors (Lipinski definition) is 3. The van der Waals surface area contributed by atoms with E-state index in [1.807, 2.05) is 18.2 Å². The second kappa shape index (κ2) is 7.67. The fourth-order valence-corrected chi connectivity index (χ4v) is 3.14. The van der Waals surface area contributed by atoms with Gasteiger partial charge in [0.05, 0.1) is 34.5 Å². The Labute approximate surface area is 157 Å². The Morgan fingerprint density at radius 2 is 2.12 bits per heavy atom. The highest BCUT2D eigenvalue weighted by Crippen LogP contribution is 2.24. The molecule has 0 fully saturated rings. The van der Waals surface area contributed by atoms with E-state index in [0.29, 0.717) is 16.6 Å². The first-order valence-corrected chi connectivity index (χ1v) is 8.82. The third kappa shape index (κ3) is 4.09. The molecule has 9 heteroatoms. The molecule has 26 heavy (non-hydrogen) atoms. The number of hydrogen-bond acceptors (Lipinski definition) is 5. The van der Waals surface area contributed by atoms with E-state index < -0.39 is 5.97 Å². The molecule has 0 spiro atoms. The van der Waals surface area contributed by atoms with E-state index in [-0.39, 0.29) is 22.2 Å². The van der Waals surface area contributed by atoms with Gasteiger partial charge in [-0.1, -0.05) is 23.4 Å². The van der Waals surface area contributed by atoms with Crippen LogP contribution in [-0.2, 0) is 4.79 Å². The van der Waals surface area contributed by atoms with Crippen LogP contribution < -0.4 is 10.1 Å². The number of carbonyl (C=O) groups is 2. The normalized spacial score (nSPS) is 10.7. The van der Waals surface area contributed by atoms with Crippen molar-refractivity contribution in [2.24, 2.45) is 0 Å². The van der Waals surface area contributed by atoms with Crippen molar-refractivity contribution in [3.8, 4) is 5.75 Å². The molecule has 3 rings (SSSR count). The lowest BCUT2D eigenvalue weighted by molar-refractivity contribution is -0.113. The molecule has 0 bridgehead atoms. The summed E-state index contributed by atoms with van der Waals surface area (Å²) in [5.74, 6) is -0.612. The van der Waals surface area contributed by atoms with Crippen molar-refractivity contribution in [3.63, 3.8) is 0 Å².